The van der Waals surface area contributed by atoms with Crippen LogP contribution in [-0.4, -0.2) is 37.2 Å². The molecule has 0 heterocycles. The molecule has 468 valence electrons. The molecule has 6 heteroatoms. The highest BCUT2D eigenvalue weighted by molar-refractivity contribution is 5.71. The first-order valence-electron chi connectivity index (χ1n) is 36.2. The normalized spacial score (nSPS) is 12.0. The van der Waals surface area contributed by atoms with E-state index < -0.39 is 6.10 Å². The van der Waals surface area contributed by atoms with E-state index in [4.69, 9.17) is 14.2 Å². The summed E-state index contributed by atoms with van der Waals surface area (Å²) in [4.78, 5) is 38.5. The van der Waals surface area contributed by atoms with Gasteiger partial charge in [-0.05, 0) is 44.9 Å². The molecule has 79 heavy (non-hydrogen) atoms. The number of carbonyl (C=O) groups is 3. The van der Waals surface area contributed by atoms with Gasteiger partial charge in [0.15, 0.2) is 6.10 Å². The summed E-state index contributed by atoms with van der Waals surface area (Å²) in [6, 6.07) is 0. The molecule has 1 unspecified atom stereocenters. The lowest BCUT2D eigenvalue weighted by molar-refractivity contribution is -0.167. The summed E-state index contributed by atoms with van der Waals surface area (Å²) in [5, 5.41) is 0. The van der Waals surface area contributed by atoms with Crippen molar-refractivity contribution >= 4 is 17.9 Å². The van der Waals surface area contributed by atoms with Gasteiger partial charge in [-0.2, -0.15) is 0 Å². The van der Waals surface area contributed by atoms with E-state index in [-0.39, 0.29) is 31.1 Å². The first-order chi connectivity index (χ1) is 39.0. The van der Waals surface area contributed by atoms with Crippen molar-refractivity contribution in [3.05, 3.63) is 12.2 Å². The lowest BCUT2D eigenvalue weighted by atomic mass is 10.0. The Morgan fingerprint density at radius 1 is 0.241 bits per heavy atom. The molecule has 0 aromatic heterocycles. The molecule has 0 aliphatic carbocycles. The number of hydrogen-bond donors (Lipinski definition) is 0. The predicted molar refractivity (Wildman–Crippen MR) is 344 cm³/mol. The van der Waals surface area contributed by atoms with Crippen molar-refractivity contribution in [3.63, 3.8) is 0 Å². The summed E-state index contributed by atoms with van der Waals surface area (Å²) in [6.45, 7) is 6.74. The highest BCUT2D eigenvalue weighted by atomic mass is 16.6. The summed E-state index contributed by atoms with van der Waals surface area (Å²) in [5.41, 5.74) is 0. The number of rotatable bonds is 68. The average Bonchev–Trinajstić information content (AvgIpc) is 3.45. The third-order valence-electron chi connectivity index (χ3n) is 16.8. The molecule has 0 rings (SSSR count). The Morgan fingerprint density at radius 2 is 0.418 bits per heavy atom. The van der Waals surface area contributed by atoms with Crippen LogP contribution in [0.5, 0.6) is 0 Å². The number of allylic oxidation sites excluding steroid dienone is 2. The third-order valence-corrected chi connectivity index (χ3v) is 16.8. The first kappa shape index (κ1) is 77.2. The lowest BCUT2D eigenvalue weighted by Crippen LogP contribution is -2.30. The zero-order valence-electron chi connectivity index (χ0n) is 53.9. The molecule has 0 N–H and O–H groups in total. The van der Waals surface area contributed by atoms with Gasteiger partial charge in [0.05, 0.1) is 0 Å². The van der Waals surface area contributed by atoms with Crippen LogP contribution in [0.1, 0.15) is 419 Å². The fourth-order valence-electron chi connectivity index (χ4n) is 11.3. The predicted octanol–water partition coefficient (Wildman–Crippen LogP) is 24.8. The van der Waals surface area contributed by atoms with Gasteiger partial charge in [0.2, 0.25) is 0 Å². The molecular formula is C73H140O6. The van der Waals surface area contributed by atoms with E-state index in [1.54, 1.807) is 0 Å². The van der Waals surface area contributed by atoms with Gasteiger partial charge in [-0.1, -0.05) is 367 Å². The first-order valence-corrected chi connectivity index (χ1v) is 36.2. The SMILES string of the molecule is CCCCCCCCCC/C=C\CCCCCCCCCCCC(=O)OC(COC(=O)CCCCCCCCCCCCCCCCCCC)COC(=O)CCCCCCCCCCCCCCCCCCCCCCCCC. The van der Waals surface area contributed by atoms with Crippen molar-refractivity contribution in [2.24, 2.45) is 0 Å². The highest BCUT2D eigenvalue weighted by Gasteiger charge is 2.19. The number of unbranched alkanes of at least 4 members (excludes halogenated alkanes) is 55. The maximum Gasteiger partial charge on any atom is 0.306 e. The Labute approximate surface area is 494 Å². The topological polar surface area (TPSA) is 78.9 Å². The van der Waals surface area contributed by atoms with E-state index in [2.05, 4.69) is 32.9 Å². The lowest BCUT2D eigenvalue weighted by Gasteiger charge is -2.18. The fourth-order valence-corrected chi connectivity index (χ4v) is 11.3. The zero-order chi connectivity index (χ0) is 57.1. The van der Waals surface area contributed by atoms with Gasteiger partial charge in [-0.25, -0.2) is 0 Å². The summed E-state index contributed by atoms with van der Waals surface area (Å²) in [7, 11) is 0. The van der Waals surface area contributed by atoms with Crippen LogP contribution < -0.4 is 0 Å². The molecule has 0 aliphatic heterocycles. The number of esters is 3. The van der Waals surface area contributed by atoms with Gasteiger partial charge in [-0.15, -0.1) is 0 Å². The molecule has 6 nitrogen and oxygen atoms in total. The number of carbonyl (C=O) groups excluding carboxylic acids is 3. The van der Waals surface area contributed by atoms with Crippen LogP contribution in [0.2, 0.25) is 0 Å². The van der Waals surface area contributed by atoms with Crippen molar-refractivity contribution in [1.29, 1.82) is 0 Å². The quantitative estimate of drug-likeness (QED) is 0.0261. The maximum atomic E-state index is 13.0. The van der Waals surface area contributed by atoms with Gasteiger partial charge in [0.1, 0.15) is 13.2 Å². The van der Waals surface area contributed by atoms with Crippen molar-refractivity contribution < 1.29 is 28.6 Å². The third kappa shape index (κ3) is 66.8. The molecule has 0 bridgehead atoms. The van der Waals surface area contributed by atoms with Crippen LogP contribution in [-0.2, 0) is 28.6 Å². The van der Waals surface area contributed by atoms with E-state index in [9.17, 15) is 14.4 Å². The van der Waals surface area contributed by atoms with Crippen LogP contribution in [0.25, 0.3) is 0 Å². The van der Waals surface area contributed by atoms with Crippen molar-refractivity contribution in [1.82, 2.24) is 0 Å². The summed E-state index contributed by atoms with van der Waals surface area (Å²) in [6.07, 6.45) is 82.4. The highest BCUT2D eigenvalue weighted by Crippen LogP contribution is 2.19. The summed E-state index contributed by atoms with van der Waals surface area (Å²) >= 11 is 0. The Bertz CT molecular complexity index is 1230. The second kappa shape index (κ2) is 68.6. The van der Waals surface area contributed by atoms with Crippen LogP contribution in [0.4, 0.5) is 0 Å². The molecular weight excluding hydrogens is 973 g/mol. The molecule has 0 fully saturated rings. The van der Waals surface area contributed by atoms with Gasteiger partial charge >= 0.3 is 17.9 Å². The Kier molecular flexibility index (Phi) is 67.0. The monoisotopic (exact) mass is 1110 g/mol. The van der Waals surface area contributed by atoms with Gasteiger partial charge < -0.3 is 14.2 Å². The minimum atomic E-state index is -0.768. The van der Waals surface area contributed by atoms with Gasteiger partial charge in [0, 0.05) is 19.3 Å². The molecule has 0 aromatic rings. The van der Waals surface area contributed by atoms with Crippen molar-refractivity contribution in [2.45, 2.75) is 425 Å². The minimum absolute atomic E-state index is 0.0636. The van der Waals surface area contributed by atoms with E-state index >= 15 is 0 Å². The molecule has 0 spiro atoms. The zero-order valence-corrected chi connectivity index (χ0v) is 53.9. The molecule has 0 amide bonds. The Balaban J connectivity index is 4.27. The van der Waals surface area contributed by atoms with Crippen LogP contribution in [0, 0.1) is 0 Å². The Hall–Kier alpha value is -1.85. The average molecular weight is 1110 g/mol. The van der Waals surface area contributed by atoms with Crippen LogP contribution >= 0.6 is 0 Å². The van der Waals surface area contributed by atoms with Crippen molar-refractivity contribution in [2.75, 3.05) is 13.2 Å². The van der Waals surface area contributed by atoms with E-state index in [1.165, 1.54) is 321 Å². The second-order valence-electron chi connectivity index (χ2n) is 24.9. The molecule has 0 radical (unpaired) electrons. The largest absolute Gasteiger partial charge is 0.462 e. The standard InChI is InChI=1S/C73H140O6/c1-4-7-10-13-16-19-22-25-28-31-33-35-36-38-39-42-45-48-51-54-57-60-63-66-72(75)78-69-70(68-77-71(74)65-62-59-56-53-50-47-44-41-30-27-24-21-18-15-12-9-6-3)79-73(76)67-64-61-58-55-52-49-46-43-40-37-34-32-29-26-23-20-17-14-11-8-5-2/h32,34,70H,4-31,33,35-69H2,1-3H3/b34-32-. The molecule has 0 saturated heterocycles. The maximum absolute atomic E-state index is 13.0. The summed E-state index contributed by atoms with van der Waals surface area (Å²) < 4.78 is 17.0. The van der Waals surface area contributed by atoms with E-state index in [0.717, 1.165) is 57.8 Å². The van der Waals surface area contributed by atoms with E-state index in [0.29, 0.717) is 19.3 Å². The van der Waals surface area contributed by atoms with Crippen LogP contribution in [0.15, 0.2) is 12.2 Å². The van der Waals surface area contributed by atoms with E-state index in [1.807, 2.05) is 0 Å². The molecule has 1 atom stereocenters. The fraction of sp³-hybridized carbons (Fsp3) is 0.932. The van der Waals surface area contributed by atoms with Crippen molar-refractivity contribution in [3.8, 4) is 0 Å². The number of ether oxygens (including phenoxy) is 3. The van der Waals surface area contributed by atoms with Gasteiger partial charge in [0.25, 0.3) is 0 Å². The molecule has 0 aliphatic rings. The van der Waals surface area contributed by atoms with Crippen LogP contribution in [0.3, 0.4) is 0 Å². The smallest absolute Gasteiger partial charge is 0.306 e. The Morgan fingerprint density at radius 3 is 0.633 bits per heavy atom. The molecule has 0 saturated carbocycles. The molecule has 0 aromatic carbocycles. The minimum Gasteiger partial charge on any atom is -0.462 e. The number of hydrogen-bond acceptors (Lipinski definition) is 6. The summed E-state index contributed by atoms with van der Waals surface area (Å²) in [5.74, 6) is -0.827. The second-order valence-corrected chi connectivity index (χ2v) is 24.9. The van der Waals surface area contributed by atoms with Gasteiger partial charge in [-0.3, -0.25) is 14.4 Å².